The summed E-state index contributed by atoms with van der Waals surface area (Å²) in [5.41, 5.74) is 6.39. The van der Waals surface area contributed by atoms with Gasteiger partial charge in [0.05, 0.1) is 6.61 Å². The van der Waals surface area contributed by atoms with Gasteiger partial charge in [0.1, 0.15) is 5.69 Å². The van der Waals surface area contributed by atoms with E-state index in [0.717, 1.165) is 5.56 Å². The van der Waals surface area contributed by atoms with Gasteiger partial charge in [-0.2, -0.15) is 0 Å². The van der Waals surface area contributed by atoms with Gasteiger partial charge in [0.25, 0.3) is 0 Å². The lowest BCUT2D eigenvalue weighted by Crippen LogP contribution is -2.17. The summed E-state index contributed by atoms with van der Waals surface area (Å²) >= 11 is 0. The lowest BCUT2D eigenvalue weighted by atomic mass is 10.2. The normalized spacial score (nSPS) is 10.1. The van der Waals surface area contributed by atoms with Crippen LogP contribution in [0.4, 0.5) is 0 Å². The minimum atomic E-state index is -0.388. The van der Waals surface area contributed by atoms with Gasteiger partial charge in [0.15, 0.2) is 0 Å². The van der Waals surface area contributed by atoms with Crippen LogP contribution in [0.25, 0.3) is 0 Å². The summed E-state index contributed by atoms with van der Waals surface area (Å²) in [6.07, 6.45) is 1.96. The lowest BCUT2D eigenvalue weighted by molar-refractivity contribution is -0.118. The largest absolute Gasteiger partial charge is 0.461 e. The predicted molar refractivity (Wildman–Crippen MR) is 58.9 cm³/mol. The maximum Gasteiger partial charge on any atom is 0.355 e. The van der Waals surface area contributed by atoms with Gasteiger partial charge < -0.3 is 15.0 Å². The monoisotopic (exact) mass is 224 g/mol. The zero-order valence-corrected chi connectivity index (χ0v) is 9.53. The van der Waals surface area contributed by atoms with E-state index in [1.807, 2.05) is 13.0 Å². The molecule has 0 bridgehead atoms. The van der Waals surface area contributed by atoms with E-state index in [1.165, 1.54) is 0 Å². The van der Waals surface area contributed by atoms with E-state index in [9.17, 15) is 9.59 Å². The Labute approximate surface area is 94.2 Å². The Morgan fingerprint density at radius 1 is 1.50 bits per heavy atom. The van der Waals surface area contributed by atoms with Crippen molar-refractivity contribution in [1.29, 1.82) is 0 Å². The molecule has 1 aromatic rings. The molecular formula is C11H16N2O3. The van der Waals surface area contributed by atoms with Crippen molar-refractivity contribution in [2.24, 2.45) is 5.73 Å². The first kappa shape index (κ1) is 12.3. The van der Waals surface area contributed by atoms with E-state index < -0.39 is 0 Å². The van der Waals surface area contributed by atoms with Crippen LogP contribution in [0, 0.1) is 6.92 Å². The summed E-state index contributed by atoms with van der Waals surface area (Å²) in [6, 6.07) is 1.81. The highest BCUT2D eigenvalue weighted by atomic mass is 16.5. The number of hydrogen-bond acceptors (Lipinski definition) is 3. The van der Waals surface area contributed by atoms with Crippen molar-refractivity contribution in [1.82, 2.24) is 4.57 Å². The number of carbonyl (C=O) groups excluding carboxylic acids is 2. The van der Waals surface area contributed by atoms with Crippen molar-refractivity contribution in [3.63, 3.8) is 0 Å². The Hall–Kier alpha value is -1.78. The number of esters is 1. The Morgan fingerprint density at radius 2 is 2.19 bits per heavy atom. The van der Waals surface area contributed by atoms with Crippen molar-refractivity contribution in [3.05, 3.63) is 23.5 Å². The van der Waals surface area contributed by atoms with Crippen molar-refractivity contribution >= 4 is 11.9 Å². The smallest absolute Gasteiger partial charge is 0.355 e. The highest BCUT2D eigenvalue weighted by Crippen LogP contribution is 2.12. The molecule has 2 N–H and O–H groups in total. The molecule has 0 unspecified atom stereocenters. The van der Waals surface area contributed by atoms with Crippen LogP contribution in [0.1, 0.15) is 29.4 Å². The summed E-state index contributed by atoms with van der Waals surface area (Å²) in [7, 11) is 0. The third kappa shape index (κ3) is 2.85. The Balaban J connectivity index is 2.85. The van der Waals surface area contributed by atoms with Crippen LogP contribution in [0.5, 0.6) is 0 Å². The number of amides is 1. The summed E-state index contributed by atoms with van der Waals surface area (Å²) in [5.74, 6) is -0.754. The number of aryl methyl sites for hydroxylation is 2. The molecule has 0 aliphatic rings. The average Bonchev–Trinajstić information content (AvgIpc) is 2.57. The molecule has 5 heteroatoms. The molecule has 0 atom stereocenters. The molecule has 0 spiro atoms. The van der Waals surface area contributed by atoms with E-state index >= 15 is 0 Å². The molecule has 0 aromatic carbocycles. The highest BCUT2D eigenvalue weighted by Gasteiger charge is 2.15. The van der Waals surface area contributed by atoms with Gasteiger partial charge in [-0.3, -0.25) is 4.79 Å². The fraction of sp³-hybridized carbons (Fsp3) is 0.455. The fourth-order valence-corrected chi connectivity index (χ4v) is 1.48. The molecule has 1 aromatic heterocycles. The molecule has 0 saturated carbocycles. The van der Waals surface area contributed by atoms with Crippen LogP contribution in [0.2, 0.25) is 0 Å². The Morgan fingerprint density at radius 3 is 2.75 bits per heavy atom. The minimum absolute atomic E-state index is 0.209. The Bertz CT molecular complexity index is 396. The molecule has 1 heterocycles. The molecule has 88 valence electrons. The number of nitrogens with zero attached hydrogens (tertiary/aromatic N) is 1. The van der Waals surface area contributed by atoms with Gasteiger partial charge in [-0.05, 0) is 25.5 Å². The van der Waals surface area contributed by atoms with E-state index in [2.05, 4.69) is 0 Å². The van der Waals surface area contributed by atoms with Crippen molar-refractivity contribution in [3.8, 4) is 0 Å². The number of hydrogen-bond donors (Lipinski definition) is 1. The van der Waals surface area contributed by atoms with E-state index in [1.54, 1.807) is 17.7 Å². The third-order valence-corrected chi connectivity index (χ3v) is 2.23. The van der Waals surface area contributed by atoms with Gasteiger partial charge in [-0.15, -0.1) is 0 Å². The Kier molecular flexibility index (Phi) is 4.10. The number of rotatable bonds is 5. The van der Waals surface area contributed by atoms with Crippen LogP contribution in [0.3, 0.4) is 0 Å². The third-order valence-electron chi connectivity index (χ3n) is 2.23. The predicted octanol–water partition coefficient (Wildman–Crippen LogP) is 0.849. The maximum absolute atomic E-state index is 11.6. The zero-order valence-electron chi connectivity index (χ0n) is 9.53. The van der Waals surface area contributed by atoms with Gasteiger partial charge in [-0.1, -0.05) is 0 Å². The second kappa shape index (κ2) is 5.34. The first-order valence-corrected chi connectivity index (χ1v) is 5.17. The molecule has 0 saturated heterocycles. The minimum Gasteiger partial charge on any atom is -0.461 e. The molecular weight excluding hydrogens is 208 g/mol. The molecule has 0 radical (unpaired) electrons. The highest BCUT2D eigenvalue weighted by molar-refractivity contribution is 5.89. The first-order valence-electron chi connectivity index (χ1n) is 5.17. The van der Waals surface area contributed by atoms with Crippen LogP contribution < -0.4 is 5.73 Å². The maximum atomic E-state index is 11.6. The van der Waals surface area contributed by atoms with E-state index in [-0.39, 0.29) is 18.3 Å². The SMILES string of the molecule is CCOC(=O)c1c(C)ccn1CCC(N)=O. The van der Waals surface area contributed by atoms with Crippen LogP contribution in [-0.2, 0) is 16.1 Å². The zero-order chi connectivity index (χ0) is 12.1. The molecule has 0 aliphatic heterocycles. The van der Waals surface area contributed by atoms with Gasteiger partial charge >= 0.3 is 5.97 Å². The molecule has 16 heavy (non-hydrogen) atoms. The number of aromatic nitrogens is 1. The quantitative estimate of drug-likeness (QED) is 0.753. The lowest BCUT2D eigenvalue weighted by Gasteiger charge is -2.08. The number of nitrogens with two attached hydrogens (primary N) is 1. The van der Waals surface area contributed by atoms with Crippen LogP contribution in [-0.4, -0.2) is 23.1 Å². The molecule has 5 nitrogen and oxygen atoms in total. The first-order chi connectivity index (χ1) is 7.56. The molecule has 1 amide bonds. The number of carbonyl (C=O) groups is 2. The van der Waals surface area contributed by atoms with Gasteiger partial charge in [-0.25, -0.2) is 4.79 Å². The topological polar surface area (TPSA) is 74.3 Å². The number of primary amides is 1. The molecule has 1 rings (SSSR count). The van der Waals surface area contributed by atoms with Crippen LogP contribution >= 0.6 is 0 Å². The summed E-state index contributed by atoms with van der Waals surface area (Å²) in [4.78, 5) is 22.3. The average molecular weight is 224 g/mol. The fourth-order valence-electron chi connectivity index (χ4n) is 1.48. The van der Waals surface area contributed by atoms with E-state index in [0.29, 0.717) is 18.8 Å². The van der Waals surface area contributed by atoms with Crippen molar-refractivity contribution in [2.75, 3.05) is 6.61 Å². The van der Waals surface area contributed by atoms with Crippen molar-refractivity contribution < 1.29 is 14.3 Å². The summed E-state index contributed by atoms with van der Waals surface area (Å²) in [5, 5.41) is 0. The van der Waals surface area contributed by atoms with Crippen LogP contribution in [0.15, 0.2) is 12.3 Å². The second-order valence-electron chi connectivity index (χ2n) is 3.48. The second-order valence-corrected chi connectivity index (χ2v) is 3.48. The summed E-state index contributed by atoms with van der Waals surface area (Å²) < 4.78 is 6.63. The molecule has 0 fully saturated rings. The van der Waals surface area contributed by atoms with Gasteiger partial charge in [0.2, 0.25) is 5.91 Å². The standard InChI is InChI=1S/C11H16N2O3/c1-3-16-11(15)10-8(2)4-6-13(10)7-5-9(12)14/h4,6H,3,5,7H2,1-2H3,(H2,12,14). The van der Waals surface area contributed by atoms with Crippen molar-refractivity contribution in [2.45, 2.75) is 26.8 Å². The molecule has 0 aliphatic carbocycles. The van der Waals surface area contributed by atoms with Gasteiger partial charge in [0, 0.05) is 19.2 Å². The van der Waals surface area contributed by atoms with E-state index in [4.69, 9.17) is 10.5 Å². The number of ether oxygens (including phenoxy) is 1. The summed E-state index contributed by atoms with van der Waals surface area (Å²) in [6.45, 7) is 4.31.